The van der Waals surface area contributed by atoms with Crippen molar-refractivity contribution in [2.75, 3.05) is 18.5 Å². The lowest BCUT2D eigenvalue weighted by Gasteiger charge is -2.16. The number of ether oxygens (including phenoxy) is 1. The number of benzene rings is 1. The summed E-state index contributed by atoms with van der Waals surface area (Å²) in [4.78, 5) is 13.0. The first-order valence-electron chi connectivity index (χ1n) is 9.98. The number of aromatic nitrogens is 4. The van der Waals surface area contributed by atoms with Crippen molar-refractivity contribution in [3.8, 4) is 0 Å². The Morgan fingerprint density at radius 2 is 2.00 bits per heavy atom. The molecule has 0 spiro atoms. The van der Waals surface area contributed by atoms with Crippen molar-refractivity contribution in [3.63, 3.8) is 0 Å². The Morgan fingerprint density at radius 3 is 2.83 bits per heavy atom. The van der Waals surface area contributed by atoms with Gasteiger partial charge in [-0.25, -0.2) is 15.0 Å². The molecule has 1 fully saturated rings. The van der Waals surface area contributed by atoms with Crippen molar-refractivity contribution in [2.45, 2.75) is 37.4 Å². The number of anilines is 1. The molecule has 30 heavy (non-hydrogen) atoms. The average molecular weight is 409 g/mol. The molecule has 1 aliphatic carbocycles. The number of nitrogens with zero attached hydrogens (tertiary/aromatic N) is 4. The molecule has 0 amide bonds. The maximum Gasteiger partial charge on any atom is 0.167 e. The van der Waals surface area contributed by atoms with Crippen LogP contribution in [0.2, 0.25) is 0 Å². The lowest BCUT2D eigenvalue weighted by Crippen LogP contribution is -2.33. The fourth-order valence-corrected chi connectivity index (χ4v) is 4.18. The van der Waals surface area contributed by atoms with E-state index in [0.717, 1.165) is 12.8 Å². The van der Waals surface area contributed by atoms with Crippen LogP contribution in [0.25, 0.3) is 16.7 Å². The normalized spacial score (nSPS) is 25.5. The van der Waals surface area contributed by atoms with Crippen LogP contribution in [-0.2, 0) is 11.2 Å². The molecule has 4 atom stereocenters. The monoisotopic (exact) mass is 409 g/mol. The van der Waals surface area contributed by atoms with E-state index in [2.05, 4.69) is 50.6 Å². The fourth-order valence-electron chi connectivity index (χ4n) is 4.18. The molecule has 9 nitrogen and oxygen atoms in total. The number of hydrogen-bond donors (Lipinski definition) is 4. The zero-order chi connectivity index (χ0) is 20.7. The van der Waals surface area contributed by atoms with Gasteiger partial charge in [0.2, 0.25) is 0 Å². The van der Waals surface area contributed by atoms with Crippen LogP contribution in [-0.4, -0.2) is 66.3 Å². The van der Waals surface area contributed by atoms with Crippen molar-refractivity contribution in [2.24, 2.45) is 0 Å². The summed E-state index contributed by atoms with van der Waals surface area (Å²) >= 11 is 0. The van der Waals surface area contributed by atoms with E-state index in [1.165, 1.54) is 29.4 Å². The highest BCUT2D eigenvalue weighted by Crippen LogP contribution is 2.32. The number of allylic oxidation sites excluding steroid dienone is 1. The van der Waals surface area contributed by atoms with Gasteiger partial charge in [0.15, 0.2) is 23.2 Å². The van der Waals surface area contributed by atoms with Crippen molar-refractivity contribution in [1.29, 1.82) is 0 Å². The Morgan fingerprint density at radius 1 is 1.13 bits per heavy atom. The largest absolute Gasteiger partial charge is 0.394 e. The number of hydrogen-bond acceptors (Lipinski definition) is 8. The van der Waals surface area contributed by atoms with Crippen molar-refractivity contribution < 1.29 is 20.1 Å². The quantitative estimate of drug-likeness (QED) is 0.473. The second-order valence-electron chi connectivity index (χ2n) is 7.54. The lowest BCUT2D eigenvalue weighted by molar-refractivity contribution is -0.0511. The lowest BCUT2D eigenvalue weighted by atomic mass is 10.0. The van der Waals surface area contributed by atoms with Gasteiger partial charge in [0.05, 0.1) is 12.9 Å². The number of aliphatic hydroxyl groups excluding tert-OH is 3. The number of imidazole rings is 1. The van der Waals surface area contributed by atoms with E-state index in [4.69, 9.17) is 4.74 Å². The van der Waals surface area contributed by atoms with Crippen LogP contribution in [0.3, 0.4) is 0 Å². The molecule has 1 aromatic carbocycles. The second-order valence-corrected chi connectivity index (χ2v) is 7.54. The van der Waals surface area contributed by atoms with E-state index in [1.807, 2.05) is 0 Å². The molecule has 9 heteroatoms. The van der Waals surface area contributed by atoms with Gasteiger partial charge in [0.1, 0.15) is 24.6 Å². The van der Waals surface area contributed by atoms with E-state index in [9.17, 15) is 15.3 Å². The van der Waals surface area contributed by atoms with Crippen LogP contribution in [0.1, 0.15) is 23.8 Å². The molecule has 2 aromatic heterocycles. The van der Waals surface area contributed by atoms with E-state index >= 15 is 0 Å². The van der Waals surface area contributed by atoms with Crippen LogP contribution in [0.5, 0.6) is 0 Å². The third-order valence-corrected chi connectivity index (χ3v) is 5.77. The zero-order valence-electron chi connectivity index (χ0n) is 16.2. The second kappa shape index (κ2) is 7.77. The standard InChI is InChI=1S/C21H23N5O4/c27-9-15-17(28)18(29)21(30-15)26-11-25-16-19(23-10-24-20(16)26)22-8-7-13-6-5-12-3-1-2-4-14(12)13/h1-4,6,10-11,15,17-18,21,27-29H,5,7-9H2,(H,22,23,24)/t15-,17+,18?,21-/m1/s1. The molecule has 2 aliphatic rings. The molecule has 3 heterocycles. The third kappa shape index (κ3) is 3.16. The average Bonchev–Trinajstić information content (AvgIpc) is 3.45. The summed E-state index contributed by atoms with van der Waals surface area (Å²) in [5, 5.41) is 33.0. The fraction of sp³-hybridized carbons (Fsp3) is 0.381. The van der Waals surface area contributed by atoms with Crippen molar-refractivity contribution >= 4 is 22.6 Å². The number of fused-ring (bicyclic) bond motifs is 2. The number of nitrogens with one attached hydrogen (secondary N) is 1. The Bertz CT molecular complexity index is 1100. The highest BCUT2D eigenvalue weighted by atomic mass is 16.6. The molecule has 3 aromatic rings. The third-order valence-electron chi connectivity index (χ3n) is 5.77. The SMILES string of the molecule is OC[C@H]1O[C@@H](n2cnc3c(NCCC4=CCc5ccccc54)ncnc32)C(O)[C@H]1O. The summed E-state index contributed by atoms with van der Waals surface area (Å²) in [5.74, 6) is 0.595. The number of aliphatic hydroxyl groups is 3. The summed E-state index contributed by atoms with van der Waals surface area (Å²) in [6, 6.07) is 8.43. The summed E-state index contributed by atoms with van der Waals surface area (Å²) in [6.45, 7) is 0.301. The van der Waals surface area contributed by atoms with Crippen LogP contribution in [0.4, 0.5) is 5.82 Å². The van der Waals surface area contributed by atoms with Gasteiger partial charge in [-0.15, -0.1) is 0 Å². The highest BCUT2D eigenvalue weighted by molar-refractivity contribution is 5.83. The van der Waals surface area contributed by atoms with Gasteiger partial charge in [-0.05, 0) is 29.5 Å². The predicted octanol–water partition coefficient (Wildman–Crippen LogP) is 0.879. The van der Waals surface area contributed by atoms with Gasteiger partial charge in [-0.1, -0.05) is 30.3 Å². The topological polar surface area (TPSA) is 126 Å². The van der Waals surface area contributed by atoms with Crippen molar-refractivity contribution in [3.05, 3.63) is 54.1 Å². The Balaban J connectivity index is 1.32. The predicted molar refractivity (Wildman–Crippen MR) is 110 cm³/mol. The van der Waals surface area contributed by atoms with Crippen LogP contribution >= 0.6 is 0 Å². The molecular formula is C21H23N5O4. The molecule has 4 N–H and O–H groups in total. The molecule has 0 bridgehead atoms. The van der Waals surface area contributed by atoms with Crippen LogP contribution in [0, 0.1) is 0 Å². The summed E-state index contributed by atoms with van der Waals surface area (Å²) in [7, 11) is 0. The maximum atomic E-state index is 10.3. The molecule has 1 aliphatic heterocycles. The molecule has 0 radical (unpaired) electrons. The molecular weight excluding hydrogens is 386 g/mol. The Labute approximate surface area is 172 Å². The molecule has 0 saturated carbocycles. The molecule has 1 saturated heterocycles. The van der Waals surface area contributed by atoms with E-state index < -0.39 is 24.5 Å². The minimum Gasteiger partial charge on any atom is -0.394 e. The minimum absolute atomic E-state index is 0.387. The first-order chi connectivity index (χ1) is 14.7. The molecule has 1 unspecified atom stereocenters. The van der Waals surface area contributed by atoms with Gasteiger partial charge >= 0.3 is 0 Å². The minimum atomic E-state index is -1.19. The van der Waals surface area contributed by atoms with Gasteiger partial charge in [-0.2, -0.15) is 0 Å². The van der Waals surface area contributed by atoms with E-state index in [-0.39, 0.29) is 6.61 Å². The number of rotatable bonds is 6. The maximum absolute atomic E-state index is 10.3. The Hall–Kier alpha value is -2.85. The summed E-state index contributed by atoms with van der Waals surface area (Å²) < 4.78 is 7.15. The zero-order valence-corrected chi connectivity index (χ0v) is 16.2. The van der Waals surface area contributed by atoms with Crippen LogP contribution in [0.15, 0.2) is 43.0 Å². The molecule has 156 valence electrons. The van der Waals surface area contributed by atoms with E-state index in [1.54, 1.807) is 4.57 Å². The first-order valence-corrected chi connectivity index (χ1v) is 9.98. The summed E-state index contributed by atoms with van der Waals surface area (Å²) in [5.41, 5.74) is 5.01. The van der Waals surface area contributed by atoms with Gasteiger partial charge in [0.25, 0.3) is 0 Å². The van der Waals surface area contributed by atoms with Gasteiger partial charge < -0.3 is 25.4 Å². The Kier molecular flexibility index (Phi) is 4.95. The van der Waals surface area contributed by atoms with Crippen molar-refractivity contribution in [1.82, 2.24) is 19.5 Å². The first kappa shape index (κ1) is 19.1. The van der Waals surface area contributed by atoms with E-state index in [0.29, 0.717) is 23.5 Å². The molecule has 5 rings (SSSR count). The summed E-state index contributed by atoms with van der Waals surface area (Å²) in [6.07, 6.45) is 2.90. The smallest absolute Gasteiger partial charge is 0.167 e. The van der Waals surface area contributed by atoms with Gasteiger partial charge in [-0.3, -0.25) is 4.57 Å². The van der Waals surface area contributed by atoms with Gasteiger partial charge in [0, 0.05) is 6.54 Å². The van der Waals surface area contributed by atoms with Crippen LogP contribution < -0.4 is 5.32 Å². The highest BCUT2D eigenvalue weighted by Gasteiger charge is 2.44.